The summed E-state index contributed by atoms with van der Waals surface area (Å²) in [6.07, 6.45) is 5.49. The molecule has 0 saturated heterocycles. The molecule has 1 fully saturated rings. The van der Waals surface area contributed by atoms with Crippen molar-refractivity contribution in [3.8, 4) is 5.88 Å². The topological polar surface area (TPSA) is 113 Å². The number of aromatic nitrogens is 2. The van der Waals surface area contributed by atoms with Crippen molar-refractivity contribution >= 4 is 6.21 Å². The molecule has 1 aromatic carbocycles. The minimum Gasteiger partial charge on any atom is -0.494 e. The van der Waals surface area contributed by atoms with Crippen molar-refractivity contribution in [1.82, 2.24) is 9.55 Å². The van der Waals surface area contributed by atoms with Crippen LogP contribution in [0.5, 0.6) is 5.88 Å². The summed E-state index contributed by atoms with van der Waals surface area (Å²) < 4.78 is 14.1. The van der Waals surface area contributed by atoms with Crippen molar-refractivity contribution in [2.24, 2.45) is 10.7 Å². The molecular weight excluding hydrogens is 351 g/mol. The Morgan fingerprint density at radius 2 is 1.96 bits per heavy atom. The molecule has 1 aliphatic carbocycles. The second-order valence-electron chi connectivity index (χ2n) is 6.82. The molecule has 27 heavy (non-hydrogen) atoms. The van der Waals surface area contributed by atoms with Crippen molar-refractivity contribution in [3.63, 3.8) is 0 Å². The molecule has 0 radical (unpaired) electrons. The summed E-state index contributed by atoms with van der Waals surface area (Å²) in [5.41, 5.74) is 5.40. The zero-order chi connectivity index (χ0) is 19.4. The fourth-order valence-corrected chi connectivity index (χ4v) is 3.29. The van der Waals surface area contributed by atoms with Crippen LogP contribution in [0.25, 0.3) is 0 Å². The first kappa shape index (κ1) is 19.0. The van der Waals surface area contributed by atoms with Gasteiger partial charge in [0.1, 0.15) is 11.4 Å². The minimum absolute atomic E-state index is 0.0634. The molecule has 2 aromatic rings. The summed E-state index contributed by atoms with van der Waals surface area (Å²) in [6, 6.07) is 5.70. The quantitative estimate of drug-likeness (QED) is 0.685. The Labute approximate surface area is 155 Å². The molecule has 0 bridgehead atoms. The van der Waals surface area contributed by atoms with Crippen LogP contribution in [0.15, 0.2) is 38.8 Å². The largest absolute Gasteiger partial charge is 0.494 e. The van der Waals surface area contributed by atoms with E-state index in [1.54, 1.807) is 12.1 Å². The highest BCUT2D eigenvalue weighted by molar-refractivity contribution is 5.82. The molecule has 0 amide bonds. The maximum Gasteiger partial charge on any atom is 0.331 e. The van der Waals surface area contributed by atoms with Gasteiger partial charge >= 0.3 is 5.69 Å². The lowest BCUT2D eigenvalue weighted by atomic mass is 9.91. The van der Waals surface area contributed by atoms with Gasteiger partial charge in [0.2, 0.25) is 5.88 Å². The third kappa shape index (κ3) is 4.51. The van der Waals surface area contributed by atoms with Crippen LogP contribution in [0.4, 0.5) is 4.39 Å². The van der Waals surface area contributed by atoms with E-state index in [2.05, 4.69) is 9.98 Å². The summed E-state index contributed by atoms with van der Waals surface area (Å²) in [5, 5.41) is 10.4. The van der Waals surface area contributed by atoms with E-state index in [0.29, 0.717) is 6.42 Å². The predicted octanol–water partition coefficient (Wildman–Crippen LogP) is 1.31. The second kappa shape index (κ2) is 8.30. The summed E-state index contributed by atoms with van der Waals surface area (Å²) in [4.78, 5) is 30.7. The van der Waals surface area contributed by atoms with E-state index in [1.165, 1.54) is 18.3 Å². The van der Waals surface area contributed by atoms with Gasteiger partial charge in [0, 0.05) is 18.8 Å². The van der Waals surface area contributed by atoms with Crippen molar-refractivity contribution in [2.75, 3.05) is 0 Å². The van der Waals surface area contributed by atoms with E-state index in [9.17, 15) is 19.1 Å². The SMILES string of the molecule is NC1CCCCC1N=Cc1c(O)n(CCc2ccc(F)cc2)c(=O)[nH]c1=O. The number of nitrogens with two attached hydrogens (primary N) is 1. The van der Waals surface area contributed by atoms with Crippen LogP contribution < -0.4 is 17.0 Å². The summed E-state index contributed by atoms with van der Waals surface area (Å²) >= 11 is 0. The molecule has 0 aliphatic heterocycles. The lowest BCUT2D eigenvalue weighted by Gasteiger charge is -2.24. The van der Waals surface area contributed by atoms with Crippen LogP contribution in [-0.4, -0.2) is 33.0 Å². The van der Waals surface area contributed by atoms with E-state index >= 15 is 0 Å². The van der Waals surface area contributed by atoms with Crippen molar-refractivity contribution < 1.29 is 9.50 Å². The molecule has 4 N–H and O–H groups in total. The third-order valence-electron chi connectivity index (χ3n) is 4.92. The number of aromatic amines is 1. The Bertz CT molecular complexity index is 933. The van der Waals surface area contributed by atoms with Gasteiger partial charge in [0.05, 0.1) is 6.04 Å². The molecule has 1 aromatic heterocycles. The van der Waals surface area contributed by atoms with Crippen molar-refractivity contribution in [3.05, 3.63) is 62.0 Å². The molecule has 3 rings (SSSR count). The smallest absolute Gasteiger partial charge is 0.331 e. The van der Waals surface area contributed by atoms with Gasteiger partial charge in [-0.05, 0) is 37.0 Å². The van der Waals surface area contributed by atoms with Crippen LogP contribution in [-0.2, 0) is 13.0 Å². The molecule has 2 unspecified atom stereocenters. The van der Waals surface area contributed by atoms with Crippen LogP contribution in [0, 0.1) is 5.82 Å². The molecule has 7 nitrogen and oxygen atoms in total. The fraction of sp³-hybridized carbons (Fsp3) is 0.421. The lowest BCUT2D eigenvalue weighted by Crippen LogP contribution is -2.37. The highest BCUT2D eigenvalue weighted by atomic mass is 19.1. The molecule has 2 atom stereocenters. The monoisotopic (exact) mass is 374 g/mol. The first-order chi connectivity index (χ1) is 13.0. The van der Waals surface area contributed by atoms with E-state index in [-0.39, 0.29) is 30.0 Å². The summed E-state index contributed by atoms with van der Waals surface area (Å²) in [6.45, 7) is 0.136. The number of aryl methyl sites for hydroxylation is 1. The molecule has 8 heteroatoms. The Hall–Kier alpha value is -2.74. The van der Waals surface area contributed by atoms with Gasteiger partial charge in [-0.3, -0.25) is 19.3 Å². The Balaban J connectivity index is 1.83. The van der Waals surface area contributed by atoms with Crippen LogP contribution in [0.2, 0.25) is 0 Å². The average molecular weight is 374 g/mol. The van der Waals surface area contributed by atoms with Crippen molar-refractivity contribution in [1.29, 1.82) is 0 Å². The predicted molar refractivity (Wildman–Crippen MR) is 101 cm³/mol. The number of hydrogen-bond acceptors (Lipinski definition) is 5. The Morgan fingerprint density at radius 1 is 1.26 bits per heavy atom. The average Bonchev–Trinajstić information content (AvgIpc) is 2.64. The maximum atomic E-state index is 13.0. The third-order valence-corrected chi connectivity index (χ3v) is 4.92. The number of aliphatic imine (C=N–C) groups is 1. The zero-order valence-electron chi connectivity index (χ0n) is 14.9. The van der Waals surface area contributed by atoms with E-state index in [0.717, 1.165) is 35.8 Å². The molecule has 0 spiro atoms. The first-order valence-electron chi connectivity index (χ1n) is 9.05. The van der Waals surface area contributed by atoms with Gasteiger partial charge < -0.3 is 10.8 Å². The number of rotatable bonds is 5. The lowest BCUT2D eigenvalue weighted by molar-refractivity contribution is 0.386. The van der Waals surface area contributed by atoms with Crippen LogP contribution >= 0.6 is 0 Å². The molecular formula is C19H23FN4O3. The van der Waals surface area contributed by atoms with Gasteiger partial charge in [-0.25, -0.2) is 9.18 Å². The number of aromatic hydroxyl groups is 1. The Kier molecular flexibility index (Phi) is 5.85. The standard InChI is InChI=1S/C19H23FN4O3/c20-13-7-5-12(6-8-13)9-10-24-18(26)14(17(25)23-19(24)27)11-22-16-4-2-1-3-15(16)21/h5-8,11,15-16,26H,1-4,9-10,21H2,(H,23,25,27). The zero-order valence-corrected chi connectivity index (χ0v) is 14.9. The van der Waals surface area contributed by atoms with E-state index < -0.39 is 17.1 Å². The second-order valence-corrected chi connectivity index (χ2v) is 6.82. The normalized spacial score (nSPS) is 20.2. The summed E-state index contributed by atoms with van der Waals surface area (Å²) in [5.74, 6) is -0.777. The molecule has 1 aliphatic rings. The number of nitrogens with zero attached hydrogens (tertiary/aromatic N) is 2. The fourth-order valence-electron chi connectivity index (χ4n) is 3.29. The first-order valence-corrected chi connectivity index (χ1v) is 9.05. The minimum atomic E-state index is -0.703. The van der Waals surface area contributed by atoms with Crippen molar-refractivity contribution in [2.45, 2.75) is 50.7 Å². The summed E-state index contributed by atoms with van der Waals surface area (Å²) in [7, 11) is 0. The van der Waals surface area contributed by atoms with Gasteiger partial charge in [-0.15, -0.1) is 0 Å². The number of halogens is 1. The maximum absolute atomic E-state index is 13.0. The van der Waals surface area contributed by atoms with Crippen LogP contribution in [0.1, 0.15) is 36.8 Å². The highest BCUT2D eigenvalue weighted by Crippen LogP contribution is 2.20. The van der Waals surface area contributed by atoms with Crippen LogP contribution in [0.3, 0.4) is 0 Å². The van der Waals surface area contributed by atoms with Gasteiger partial charge in [-0.1, -0.05) is 25.0 Å². The number of H-pyrrole nitrogens is 1. The molecule has 1 saturated carbocycles. The van der Waals surface area contributed by atoms with Gasteiger partial charge in [-0.2, -0.15) is 0 Å². The Morgan fingerprint density at radius 3 is 2.67 bits per heavy atom. The molecule has 1 heterocycles. The number of hydrogen-bond donors (Lipinski definition) is 3. The number of nitrogens with one attached hydrogen (secondary N) is 1. The number of benzene rings is 1. The van der Waals surface area contributed by atoms with Gasteiger partial charge in [0.15, 0.2) is 0 Å². The van der Waals surface area contributed by atoms with E-state index in [4.69, 9.17) is 5.73 Å². The molecule has 144 valence electrons. The van der Waals surface area contributed by atoms with Gasteiger partial charge in [0.25, 0.3) is 5.56 Å². The highest BCUT2D eigenvalue weighted by Gasteiger charge is 2.21. The van der Waals surface area contributed by atoms with E-state index in [1.807, 2.05) is 0 Å².